The van der Waals surface area contributed by atoms with Crippen LogP contribution in [0.25, 0.3) is 0 Å². The van der Waals surface area contributed by atoms with Crippen molar-refractivity contribution in [1.29, 1.82) is 0 Å². The van der Waals surface area contributed by atoms with Crippen molar-refractivity contribution in [3.8, 4) is 0 Å². The molecule has 1 aliphatic rings. The number of aromatic nitrogens is 2. The van der Waals surface area contributed by atoms with Crippen LogP contribution in [0.15, 0.2) is 0 Å². The first-order valence-corrected chi connectivity index (χ1v) is 8.57. The molecule has 0 saturated carbocycles. The normalized spacial score (nSPS) is 14.8. The van der Waals surface area contributed by atoms with E-state index < -0.39 is 11.8 Å². The average Bonchev–Trinajstić information content (AvgIpc) is 2.80. The highest BCUT2D eigenvalue weighted by atomic mass is 16.2. The van der Waals surface area contributed by atoms with Gasteiger partial charge < -0.3 is 15.1 Å². The standard InChI is InChI=1S/C17H27N5O3/c1-11(2)18-16(24)17(25)22-8-6-21(7-9-22)15(23)10-14-12(3)19-20(5)13(14)4/h11H,6-10H2,1-5H3,(H,18,24). The molecule has 1 fully saturated rings. The summed E-state index contributed by atoms with van der Waals surface area (Å²) >= 11 is 0. The molecule has 2 rings (SSSR count). The first-order chi connectivity index (χ1) is 11.7. The highest BCUT2D eigenvalue weighted by Crippen LogP contribution is 2.14. The Balaban J connectivity index is 1.90. The molecule has 25 heavy (non-hydrogen) atoms. The number of nitrogens with zero attached hydrogens (tertiary/aromatic N) is 4. The molecule has 8 heteroatoms. The van der Waals surface area contributed by atoms with Gasteiger partial charge >= 0.3 is 11.8 Å². The van der Waals surface area contributed by atoms with Crippen LogP contribution < -0.4 is 5.32 Å². The molecule has 0 aliphatic carbocycles. The molecule has 1 N–H and O–H groups in total. The number of nitrogens with one attached hydrogen (secondary N) is 1. The van der Waals surface area contributed by atoms with Crippen LogP contribution in [0.2, 0.25) is 0 Å². The third-order valence-corrected chi connectivity index (χ3v) is 4.52. The van der Waals surface area contributed by atoms with Gasteiger partial charge in [-0.25, -0.2) is 0 Å². The van der Waals surface area contributed by atoms with Crippen molar-refractivity contribution in [2.24, 2.45) is 7.05 Å². The highest BCUT2D eigenvalue weighted by molar-refractivity contribution is 6.35. The van der Waals surface area contributed by atoms with Crippen molar-refractivity contribution < 1.29 is 14.4 Å². The Labute approximate surface area is 148 Å². The van der Waals surface area contributed by atoms with Crippen LogP contribution in [0.3, 0.4) is 0 Å². The third-order valence-electron chi connectivity index (χ3n) is 4.52. The van der Waals surface area contributed by atoms with Gasteiger partial charge in [-0.1, -0.05) is 0 Å². The second-order valence-corrected chi connectivity index (χ2v) is 6.75. The Morgan fingerprint density at radius 2 is 1.64 bits per heavy atom. The van der Waals surface area contributed by atoms with Crippen molar-refractivity contribution in [3.05, 3.63) is 17.0 Å². The maximum absolute atomic E-state index is 12.5. The molecule has 0 aromatic carbocycles. The number of piperazine rings is 1. The average molecular weight is 349 g/mol. The topological polar surface area (TPSA) is 87.5 Å². The number of aryl methyl sites for hydroxylation is 2. The SMILES string of the molecule is Cc1nn(C)c(C)c1CC(=O)N1CCN(C(=O)C(=O)NC(C)C)CC1. The lowest BCUT2D eigenvalue weighted by Gasteiger charge is -2.34. The van der Waals surface area contributed by atoms with Gasteiger partial charge in [-0.3, -0.25) is 19.1 Å². The maximum atomic E-state index is 12.5. The molecule has 0 spiro atoms. The quantitative estimate of drug-likeness (QED) is 0.764. The van der Waals surface area contributed by atoms with Crippen LogP contribution >= 0.6 is 0 Å². The number of carbonyl (C=O) groups excluding carboxylic acids is 3. The zero-order chi connectivity index (χ0) is 18.7. The molecule has 8 nitrogen and oxygen atoms in total. The summed E-state index contributed by atoms with van der Waals surface area (Å²) in [5.74, 6) is -1.09. The summed E-state index contributed by atoms with van der Waals surface area (Å²) in [4.78, 5) is 39.7. The second-order valence-electron chi connectivity index (χ2n) is 6.75. The minimum atomic E-state index is -0.587. The molecule has 1 aromatic heterocycles. The van der Waals surface area contributed by atoms with E-state index in [1.807, 2.05) is 34.7 Å². The van der Waals surface area contributed by atoms with Gasteiger partial charge in [0.05, 0.1) is 12.1 Å². The Kier molecular flexibility index (Phi) is 5.81. The minimum Gasteiger partial charge on any atom is -0.346 e. The van der Waals surface area contributed by atoms with Crippen LogP contribution in [-0.2, 0) is 27.9 Å². The lowest BCUT2D eigenvalue weighted by molar-refractivity contribution is -0.148. The van der Waals surface area contributed by atoms with E-state index in [4.69, 9.17) is 0 Å². The Hall–Kier alpha value is -2.38. The maximum Gasteiger partial charge on any atom is 0.312 e. The summed E-state index contributed by atoms with van der Waals surface area (Å²) in [6.45, 7) is 9.11. The molecule has 3 amide bonds. The second kappa shape index (κ2) is 7.67. The van der Waals surface area contributed by atoms with E-state index >= 15 is 0 Å². The molecule has 0 bridgehead atoms. The summed E-state index contributed by atoms with van der Waals surface area (Å²) < 4.78 is 1.78. The van der Waals surface area contributed by atoms with E-state index in [9.17, 15) is 14.4 Å². The molecular formula is C17H27N5O3. The molecule has 1 aromatic rings. The summed E-state index contributed by atoms with van der Waals surface area (Å²) in [6, 6.07) is -0.0784. The third kappa shape index (κ3) is 4.37. The molecule has 138 valence electrons. The van der Waals surface area contributed by atoms with Crippen molar-refractivity contribution >= 4 is 17.7 Å². The number of hydrogen-bond acceptors (Lipinski definition) is 4. The number of carbonyl (C=O) groups is 3. The minimum absolute atomic E-state index is 0.0259. The Morgan fingerprint density at radius 3 is 2.12 bits per heavy atom. The van der Waals surface area contributed by atoms with Crippen LogP contribution in [-0.4, -0.2) is 69.5 Å². The summed E-state index contributed by atoms with van der Waals surface area (Å²) in [5.41, 5.74) is 2.82. The van der Waals surface area contributed by atoms with Crippen LogP contribution in [0.1, 0.15) is 30.8 Å². The summed E-state index contributed by atoms with van der Waals surface area (Å²) in [5, 5.41) is 6.94. The van der Waals surface area contributed by atoms with Gasteiger partial charge in [0.15, 0.2) is 0 Å². The van der Waals surface area contributed by atoms with Crippen molar-refractivity contribution in [3.63, 3.8) is 0 Å². The Morgan fingerprint density at radius 1 is 1.08 bits per heavy atom. The van der Waals surface area contributed by atoms with Gasteiger partial charge in [-0.2, -0.15) is 5.10 Å². The summed E-state index contributed by atoms with van der Waals surface area (Å²) in [7, 11) is 1.86. The predicted molar refractivity (Wildman–Crippen MR) is 92.8 cm³/mol. The molecule has 2 heterocycles. The fourth-order valence-corrected chi connectivity index (χ4v) is 2.96. The first-order valence-electron chi connectivity index (χ1n) is 8.57. The lowest BCUT2D eigenvalue weighted by atomic mass is 10.1. The largest absolute Gasteiger partial charge is 0.346 e. The molecule has 0 atom stereocenters. The molecule has 0 unspecified atom stereocenters. The summed E-state index contributed by atoms with van der Waals surface area (Å²) in [6.07, 6.45) is 0.313. The van der Waals surface area contributed by atoms with Crippen LogP contribution in [0.4, 0.5) is 0 Å². The van der Waals surface area contributed by atoms with Crippen molar-refractivity contribution in [1.82, 2.24) is 24.9 Å². The van der Waals surface area contributed by atoms with Gasteiger partial charge in [0, 0.05) is 50.5 Å². The zero-order valence-electron chi connectivity index (χ0n) is 15.6. The fraction of sp³-hybridized carbons (Fsp3) is 0.647. The number of hydrogen-bond donors (Lipinski definition) is 1. The van der Waals surface area contributed by atoms with Gasteiger partial charge in [-0.05, 0) is 27.7 Å². The molecule has 1 saturated heterocycles. The van der Waals surface area contributed by atoms with Crippen molar-refractivity contribution in [2.75, 3.05) is 26.2 Å². The van der Waals surface area contributed by atoms with E-state index in [0.717, 1.165) is 17.0 Å². The van der Waals surface area contributed by atoms with E-state index in [1.165, 1.54) is 4.90 Å². The Bertz CT molecular complexity index is 672. The molecule has 0 radical (unpaired) electrons. The highest BCUT2D eigenvalue weighted by Gasteiger charge is 2.28. The first kappa shape index (κ1) is 19.0. The monoisotopic (exact) mass is 349 g/mol. The number of amides is 3. The van der Waals surface area contributed by atoms with Crippen LogP contribution in [0, 0.1) is 13.8 Å². The van der Waals surface area contributed by atoms with Gasteiger partial charge in [0.1, 0.15) is 0 Å². The predicted octanol–water partition coefficient (Wildman–Crippen LogP) is -0.225. The van der Waals surface area contributed by atoms with E-state index in [-0.39, 0.29) is 11.9 Å². The van der Waals surface area contributed by atoms with E-state index in [0.29, 0.717) is 32.6 Å². The van der Waals surface area contributed by atoms with Gasteiger partial charge in [0.25, 0.3) is 0 Å². The van der Waals surface area contributed by atoms with Gasteiger partial charge in [0.2, 0.25) is 5.91 Å². The van der Waals surface area contributed by atoms with Crippen LogP contribution in [0.5, 0.6) is 0 Å². The van der Waals surface area contributed by atoms with E-state index in [2.05, 4.69) is 10.4 Å². The van der Waals surface area contributed by atoms with Gasteiger partial charge in [-0.15, -0.1) is 0 Å². The molecule has 1 aliphatic heterocycles. The van der Waals surface area contributed by atoms with E-state index in [1.54, 1.807) is 9.58 Å². The molecular weight excluding hydrogens is 322 g/mol. The fourth-order valence-electron chi connectivity index (χ4n) is 2.96. The number of rotatable bonds is 3. The van der Waals surface area contributed by atoms with Crippen molar-refractivity contribution in [2.45, 2.75) is 40.2 Å². The smallest absolute Gasteiger partial charge is 0.312 e. The lowest BCUT2D eigenvalue weighted by Crippen LogP contribution is -2.54. The zero-order valence-corrected chi connectivity index (χ0v) is 15.6.